The van der Waals surface area contributed by atoms with E-state index in [1.165, 1.54) is 0 Å². The molecule has 0 fully saturated rings. The van der Waals surface area contributed by atoms with Crippen molar-refractivity contribution in [1.82, 2.24) is 0 Å². The molecule has 0 spiro atoms. The predicted octanol–water partition coefficient (Wildman–Crippen LogP) is 3.96. The Kier molecular flexibility index (Phi) is 1.67. The first kappa shape index (κ1) is 7.83. The fourth-order valence-electron chi connectivity index (χ4n) is 1.48. The van der Waals surface area contributed by atoms with Crippen molar-refractivity contribution in [1.29, 1.82) is 0 Å². The van der Waals surface area contributed by atoms with E-state index < -0.39 is 0 Å². The van der Waals surface area contributed by atoms with E-state index >= 15 is 0 Å². The molecule has 1 aromatic carbocycles. The summed E-state index contributed by atoms with van der Waals surface area (Å²) in [7, 11) is 0. The third kappa shape index (κ3) is 1.16. The summed E-state index contributed by atoms with van der Waals surface area (Å²) in [5, 5.41) is 6.31. The quantitative estimate of drug-likeness (QED) is 0.578. The van der Waals surface area contributed by atoms with E-state index in [4.69, 9.17) is 4.42 Å². The third-order valence-corrected chi connectivity index (χ3v) is 2.77. The van der Waals surface area contributed by atoms with Gasteiger partial charge in [-0.25, -0.2) is 0 Å². The molecule has 0 atom stereocenters. The van der Waals surface area contributed by atoms with E-state index in [2.05, 4.69) is 11.4 Å². The minimum absolute atomic E-state index is 0.896. The fraction of sp³-hybridized carbons (Fsp3) is 0. The number of furan rings is 1. The largest absolute Gasteiger partial charge is 0.456 e. The summed E-state index contributed by atoms with van der Waals surface area (Å²) in [5.74, 6) is 0.896. The van der Waals surface area contributed by atoms with Gasteiger partial charge >= 0.3 is 0 Å². The number of fused-ring (bicyclic) bond motifs is 1. The molecule has 0 aliphatic carbocycles. The molecule has 1 nitrogen and oxygen atoms in total. The van der Waals surface area contributed by atoms with Gasteiger partial charge < -0.3 is 4.42 Å². The lowest BCUT2D eigenvalue weighted by Crippen LogP contribution is -1.62. The summed E-state index contributed by atoms with van der Waals surface area (Å²) in [4.78, 5) is 0. The second kappa shape index (κ2) is 3.00. The Balaban J connectivity index is 2.24. The lowest BCUT2D eigenvalue weighted by atomic mass is 10.2. The third-order valence-electron chi connectivity index (χ3n) is 2.16. The first-order valence-corrected chi connectivity index (χ1v) is 5.25. The second-order valence-electron chi connectivity index (χ2n) is 3.08. The Labute approximate surface area is 85.6 Å². The molecular weight excluding hydrogens is 192 g/mol. The van der Waals surface area contributed by atoms with Crippen molar-refractivity contribution < 1.29 is 4.42 Å². The predicted molar refractivity (Wildman–Crippen MR) is 58.4 cm³/mol. The summed E-state index contributed by atoms with van der Waals surface area (Å²) < 4.78 is 5.69. The molecule has 0 aliphatic rings. The molecular formula is C12H7OS. The van der Waals surface area contributed by atoms with Crippen molar-refractivity contribution in [2.45, 2.75) is 0 Å². The number of rotatable bonds is 1. The smallest absolute Gasteiger partial charge is 0.136 e. The lowest BCUT2D eigenvalue weighted by molar-refractivity contribution is 0.632. The molecule has 0 saturated carbocycles. The van der Waals surface area contributed by atoms with Crippen LogP contribution in [0.15, 0.2) is 46.2 Å². The Morgan fingerprint density at radius 2 is 2.07 bits per heavy atom. The van der Waals surface area contributed by atoms with Gasteiger partial charge in [-0.1, -0.05) is 18.2 Å². The highest BCUT2D eigenvalue weighted by Crippen LogP contribution is 2.28. The van der Waals surface area contributed by atoms with Crippen LogP contribution in [0, 0.1) is 5.38 Å². The molecule has 2 heterocycles. The average Bonchev–Trinajstić information content (AvgIpc) is 2.86. The summed E-state index contributed by atoms with van der Waals surface area (Å²) in [6, 6.07) is 12.1. The summed E-state index contributed by atoms with van der Waals surface area (Å²) in [6.45, 7) is 0. The van der Waals surface area contributed by atoms with E-state index in [0.29, 0.717) is 0 Å². The van der Waals surface area contributed by atoms with Crippen molar-refractivity contribution in [3.05, 3.63) is 47.2 Å². The number of hydrogen-bond donors (Lipinski definition) is 0. The van der Waals surface area contributed by atoms with Gasteiger partial charge in [-0.2, -0.15) is 0 Å². The van der Waals surface area contributed by atoms with Crippen molar-refractivity contribution in [2.75, 3.05) is 0 Å². The molecule has 2 heteroatoms. The van der Waals surface area contributed by atoms with Gasteiger partial charge in [0.05, 0.1) is 5.38 Å². The van der Waals surface area contributed by atoms with Crippen LogP contribution in [0.5, 0.6) is 0 Å². The maximum atomic E-state index is 5.69. The molecule has 0 N–H and O–H groups in total. The van der Waals surface area contributed by atoms with Gasteiger partial charge in [0.2, 0.25) is 0 Å². The highest BCUT2D eigenvalue weighted by atomic mass is 32.1. The van der Waals surface area contributed by atoms with Crippen molar-refractivity contribution >= 4 is 22.3 Å². The maximum Gasteiger partial charge on any atom is 0.136 e. The Morgan fingerprint density at radius 3 is 2.86 bits per heavy atom. The van der Waals surface area contributed by atoms with Gasteiger partial charge in [0, 0.05) is 10.9 Å². The lowest BCUT2D eigenvalue weighted by Gasteiger charge is -1.86. The van der Waals surface area contributed by atoms with E-state index in [-0.39, 0.29) is 0 Å². The number of hydrogen-bond acceptors (Lipinski definition) is 2. The van der Waals surface area contributed by atoms with Crippen LogP contribution in [-0.4, -0.2) is 0 Å². The molecule has 0 amide bonds. The van der Waals surface area contributed by atoms with Crippen molar-refractivity contribution in [3.63, 3.8) is 0 Å². The van der Waals surface area contributed by atoms with Crippen molar-refractivity contribution in [3.8, 4) is 11.3 Å². The molecule has 14 heavy (non-hydrogen) atoms. The molecule has 3 rings (SSSR count). The van der Waals surface area contributed by atoms with Crippen LogP contribution >= 0.6 is 11.3 Å². The second-order valence-corrected chi connectivity index (χ2v) is 3.80. The maximum absolute atomic E-state index is 5.69. The van der Waals surface area contributed by atoms with Crippen LogP contribution in [0.1, 0.15) is 0 Å². The van der Waals surface area contributed by atoms with Crippen LogP contribution < -0.4 is 0 Å². The Hall–Kier alpha value is -1.54. The van der Waals surface area contributed by atoms with Crippen LogP contribution in [0.2, 0.25) is 0 Å². The standard InChI is InChI=1S/C12H7OS/c1-2-4-11-9(3-1)7-12(13-11)10-5-6-14-8-10/h1-7H. The summed E-state index contributed by atoms with van der Waals surface area (Å²) >= 11 is 1.56. The van der Waals surface area contributed by atoms with E-state index in [1.807, 2.05) is 35.7 Å². The van der Waals surface area contributed by atoms with Gasteiger partial charge in [-0.3, -0.25) is 0 Å². The number of benzene rings is 1. The van der Waals surface area contributed by atoms with Gasteiger partial charge in [0.1, 0.15) is 11.3 Å². The zero-order chi connectivity index (χ0) is 9.38. The summed E-state index contributed by atoms with van der Waals surface area (Å²) in [5.41, 5.74) is 1.97. The Morgan fingerprint density at radius 1 is 1.14 bits per heavy atom. The molecule has 0 unspecified atom stereocenters. The molecule has 3 aromatic rings. The fourth-order valence-corrected chi connectivity index (χ4v) is 2.05. The van der Waals surface area contributed by atoms with Crippen LogP contribution in [-0.2, 0) is 0 Å². The molecule has 1 radical (unpaired) electrons. The van der Waals surface area contributed by atoms with Crippen LogP contribution in [0.4, 0.5) is 0 Å². The van der Waals surface area contributed by atoms with Crippen LogP contribution in [0.3, 0.4) is 0 Å². The van der Waals surface area contributed by atoms with Crippen LogP contribution in [0.25, 0.3) is 22.3 Å². The molecule has 2 aromatic heterocycles. The first-order chi connectivity index (χ1) is 6.93. The first-order valence-electron chi connectivity index (χ1n) is 4.37. The molecule has 0 bridgehead atoms. The number of thiophene rings is 1. The minimum atomic E-state index is 0.896. The van der Waals surface area contributed by atoms with Gasteiger partial charge in [-0.05, 0) is 23.6 Å². The molecule has 0 saturated heterocycles. The van der Waals surface area contributed by atoms with E-state index in [9.17, 15) is 0 Å². The minimum Gasteiger partial charge on any atom is -0.456 e. The highest BCUT2D eigenvalue weighted by Gasteiger charge is 2.05. The summed E-state index contributed by atoms with van der Waals surface area (Å²) in [6.07, 6.45) is 0. The Bertz CT molecular complexity index is 515. The normalized spacial score (nSPS) is 10.9. The molecule has 0 aliphatic heterocycles. The van der Waals surface area contributed by atoms with E-state index in [0.717, 1.165) is 22.3 Å². The van der Waals surface area contributed by atoms with Gasteiger partial charge in [0.25, 0.3) is 0 Å². The van der Waals surface area contributed by atoms with Gasteiger partial charge in [-0.15, -0.1) is 11.3 Å². The topological polar surface area (TPSA) is 13.1 Å². The zero-order valence-corrected chi connectivity index (χ0v) is 8.17. The van der Waals surface area contributed by atoms with Crippen molar-refractivity contribution in [2.24, 2.45) is 0 Å². The number of para-hydroxylation sites is 1. The van der Waals surface area contributed by atoms with Gasteiger partial charge in [0.15, 0.2) is 0 Å². The average molecular weight is 199 g/mol. The highest BCUT2D eigenvalue weighted by molar-refractivity contribution is 7.07. The van der Waals surface area contributed by atoms with E-state index in [1.54, 1.807) is 11.3 Å². The monoisotopic (exact) mass is 199 g/mol. The molecule has 67 valence electrons. The SMILES string of the molecule is [c]1sccc1-c1cc2ccccc2o1. The zero-order valence-electron chi connectivity index (χ0n) is 7.36.